The number of aryl methyl sites for hydroxylation is 1. The molecule has 0 aliphatic heterocycles. The van der Waals surface area contributed by atoms with Gasteiger partial charge in [-0.05, 0) is 6.08 Å². The molecule has 5 nitrogen and oxygen atoms in total. The van der Waals surface area contributed by atoms with Crippen molar-refractivity contribution in [1.29, 1.82) is 0 Å². The first-order valence-electron chi connectivity index (χ1n) is 3.86. The van der Waals surface area contributed by atoms with Gasteiger partial charge in [0.2, 0.25) is 0 Å². The third-order valence-corrected chi connectivity index (χ3v) is 1.64. The van der Waals surface area contributed by atoms with Gasteiger partial charge in [0, 0.05) is 19.3 Å². The zero-order chi connectivity index (χ0) is 10.4. The van der Waals surface area contributed by atoms with E-state index in [-0.39, 0.29) is 5.16 Å². The number of aromatic nitrogens is 2. The van der Waals surface area contributed by atoms with E-state index in [0.29, 0.717) is 0 Å². The molecule has 74 valence electrons. The molecule has 0 aliphatic carbocycles. The summed E-state index contributed by atoms with van der Waals surface area (Å²) in [6, 6.07) is 1.78. The first-order chi connectivity index (χ1) is 6.74. The second-order valence-electron chi connectivity index (χ2n) is 2.36. The van der Waals surface area contributed by atoms with Crippen LogP contribution in [0.3, 0.4) is 0 Å². The predicted molar refractivity (Wildman–Crippen MR) is 58.0 cm³/mol. The highest BCUT2D eigenvalue weighted by molar-refractivity contribution is 6.30. The van der Waals surface area contributed by atoms with E-state index in [2.05, 4.69) is 15.1 Å². The van der Waals surface area contributed by atoms with Crippen LogP contribution in [0.15, 0.2) is 33.5 Å². The zero-order valence-electron chi connectivity index (χ0n) is 7.63. The molecule has 0 unspecified atom stereocenters. The SMILES string of the molecule is Cn1nccc1\N=C/C=C(Cl)\N=C\N. The van der Waals surface area contributed by atoms with Crippen molar-refractivity contribution in [3.8, 4) is 0 Å². The van der Waals surface area contributed by atoms with Gasteiger partial charge in [0.05, 0.1) is 12.5 Å². The average molecular weight is 212 g/mol. The third-order valence-electron chi connectivity index (χ3n) is 1.41. The van der Waals surface area contributed by atoms with Gasteiger partial charge in [0.25, 0.3) is 0 Å². The van der Waals surface area contributed by atoms with Crippen LogP contribution in [0.2, 0.25) is 0 Å². The fourth-order valence-corrected chi connectivity index (χ4v) is 0.896. The van der Waals surface area contributed by atoms with Crippen molar-refractivity contribution in [1.82, 2.24) is 9.78 Å². The largest absolute Gasteiger partial charge is 0.390 e. The van der Waals surface area contributed by atoms with Crippen LogP contribution in [-0.4, -0.2) is 22.3 Å². The maximum absolute atomic E-state index is 5.63. The number of nitrogens with two attached hydrogens (primary N) is 1. The van der Waals surface area contributed by atoms with Gasteiger partial charge in [0.1, 0.15) is 11.0 Å². The van der Waals surface area contributed by atoms with Crippen molar-refractivity contribution >= 4 is 30.0 Å². The first kappa shape index (κ1) is 10.5. The lowest BCUT2D eigenvalue weighted by atomic mass is 10.6. The molecule has 1 aromatic rings. The minimum atomic E-state index is 0.276. The van der Waals surface area contributed by atoms with E-state index in [1.807, 2.05) is 0 Å². The van der Waals surface area contributed by atoms with Crippen LogP contribution in [0.4, 0.5) is 5.82 Å². The van der Waals surface area contributed by atoms with Crippen molar-refractivity contribution in [3.05, 3.63) is 23.5 Å². The smallest absolute Gasteiger partial charge is 0.150 e. The van der Waals surface area contributed by atoms with E-state index < -0.39 is 0 Å². The van der Waals surface area contributed by atoms with Crippen LogP contribution in [0.25, 0.3) is 0 Å². The lowest BCUT2D eigenvalue weighted by Gasteiger charge is -1.91. The summed E-state index contributed by atoms with van der Waals surface area (Å²) in [7, 11) is 1.80. The second-order valence-corrected chi connectivity index (χ2v) is 2.75. The number of hydrogen-bond donors (Lipinski definition) is 1. The molecule has 1 rings (SSSR count). The molecule has 0 aliphatic rings. The molecule has 14 heavy (non-hydrogen) atoms. The van der Waals surface area contributed by atoms with Gasteiger partial charge in [0.15, 0.2) is 0 Å². The molecule has 0 spiro atoms. The van der Waals surface area contributed by atoms with E-state index in [0.717, 1.165) is 12.2 Å². The van der Waals surface area contributed by atoms with Gasteiger partial charge in [-0.3, -0.25) is 4.68 Å². The van der Waals surface area contributed by atoms with Crippen LogP contribution < -0.4 is 5.73 Å². The Labute approximate surface area is 86.6 Å². The molecule has 0 amide bonds. The van der Waals surface area contributed by atoms with Gasteiger partial charge in [-0.15, -0.1) is 0 Å². The van der Waals surface area contributed by atoms with Gasteiger partial charge < -0.3 is 5.73 Å². The Morgan fingerprint density at radius 3 is 3.07 bits per heavy atom. The number of hydrogen-bond acceptors (Lipinski definition) is 3. The Bertz CT molecular complexity index is 377. The number of rotatable bonds is 3. The third kappa shape index (κ3) is 3.02. The van der Waals surface area contributed by atoms with Crippen molar-refractivity contribution < 1.29 is 0 Å². The molecular weight excluding hydrogens is 202 g/mol. The molecule has 0 saturated heterocycles. The van der Waals surface area contributed by atoms with Gasteiger partial charge in [-0.25, -0.2) is 9.98 Å². The van der Waals surface area contributed by atoms with E-state index in [1.54, 1.807) is 24.0 Å². The summed E-state index contributed by atoms with van der Waals surface area (Å²) in [4.78, 5) is 7.72. The van der Waals surface area contributed by atoms with Crippen molar-refractivity contribution in [2.75, 3.05) is 0 Å². The summed E-state index contributed by atoms with van der Waals surface area (Å²) >= 11 is 5.63. The Morgan fingerprint density at radius 1 is 1.71 bits per heavy atom. The Balaban J connectivity index is 2.66. The highest BCUT2D eigenvalue weighted by Crippen LogP contribution is 2.07. The highest BCUT2D eigenvalue weighted by Gasteiger charge is 1.91. The minimum Gasteiger partial charge on any atom is -0.390 e. The molecule has 1 heterocycles. The summed E-state index contributed by atoms with van der Waals surface area (Å²) in [5, 5.41) is 4.23. The Kier molecular flexibility index (Phi) is 3.87. The topological polar surface area (TPSA) is 68.6 Å². The molecular formula is C8H10ClN5. The van der Waals surface area contributed by atoms with Crippen LogP contribution in [-0.2, 0) is 7.05 Å². The molecule has 0 fully saturated rings. The van der Waals surface area contributed by atoms with E-state index in [4.69, 9.17) is 17.3 Å². The Morgan fingerprint density at radius 2 is 2.50 bits per heavy atom. The quantitative estimate of drug-likeness (QED) is 0.464. The summed E-state index contributed by atoms with van der Waals surface area (Å²) in [5.74, 6) is 0.738. The summed E-state index contributed by atoms with van der Waals surface area (Å²) in [5.41, 5.74) is 5.04. The normalized spacial score (nSPS) is 13.1. The maximum Gasteiger partial charge on any atom is 0.150 e. The molecule has 0 saturated carbocycles. The van der Waals surface area contributed by atoms with Crippen LogP contribution in [0, 0.1) is 0 Å². The number of halogens is 1. The van der Waals surface area contributed by atoms with Crippen molar-refractivity contribution in [2.45, 2.75) is 0 Å². The second kappa shape index (κ2) is 5.18. The predicted octanol–water partition coefficient (Wildman–Crippen LogP) is 1.19. The molecule has 0 aromatic carbocycles. The monoisotopic (exact) mass is 211 g/mol. The first-order valence-corrected chi connectivity index (χ1v) is 4.24. The lowest BCUT2D eigenvalue weighted by Crippen LogP contribution is -1.88. The molecule has 0 atom stereocenters. The summed E-state index contributed by atoms with van der Waals surface area (Å²) < 4.78 is 1.64. The zero-order valence-corrected chi connectivity index (χ0v) is 8.39. The number of allylic oxidation sites excluding steroid dienone is 1. The van der Waals surface area contributed by atoms with Crippen LogP contribution in [0.5, 0.6) is 0 Å². The summed E-state index contributed by atoms with van der Waals surface area (Å²) in [6.45, 7) is 0. The molecule has 0 radical (unpaired) electrons. The lowest BCUT2D eigenvalue weighted by molar-refractivity contribution is 0.771. The Hall–Kier alpha value is -1.62. The maximum atomic E-state index is 5.63. The average Bonchev–Trinajstić information content (AvgIpc) is 2.52. The van der Waals surface area contributed by atoms with E-state index >= 15 is 0 Å². The molecule has 1 aromatic heterocycles. The minimum absolute atomic E-state index is 0.276. The molecule has 0 bridgehead atoms. The number of nitrogens with zero attached hydrogens (tertiary/aromatic N) is 4. The number of aliphatic imine (C=N–C) groups is 2. The highest BCUT2D eigenvalue weighted by atomic mass is 35.5. The van der Waals surface area contributed by atoms with E-state index in [9.17, 15) is 0 Å². The van der Waals surface area contributed by atoms with Crippen LogP contribution >= 0.6 is 11.6 Å². The summed E-state index contributed by atoms with van der Waals surface area (Å²) in [6.07, 6.45) is 5.86. The van der Waals surface area contributed by atoms with Gasteiger partial charge in [-0.2, -0.15) is 5.10 Å². The van der Waals surface area contributed by atoms with Gasteiger partial charge >= 0.3 is 0 Å². The van der Waals surface area contributed by atoms with Gasteiger partial charge in [-0.1, -0.05) is 11.6 Å². The van der Waals surface area contributed by atoms with E-state index in [1.165, 1.54) is 12.3 Å². The molecule has 6 heteroatoms. The molecule has 2 N–H and O–H groups in total. The van der Waals surface area contributed by atoms with Crippen molar-refractivity contribution in [2.24, 2.45) is 22.8 Å². The fraction of sp³-hybridized carbons (Fsp3) is 0.125. The fourth-order valence-electron chi connectivity index (χ4n) is 0.783. The standard InChI is InChI=1S/C8H10ClN5/c1-14-8(3-5-13-14)11-4-2-7(9)12-6-10/h2-6H,1H3,(H2,10,12)/b7-2-,11-4-. The van der Waals surface area contributed by atoms with Crippen LogP contribution in [0.1, 0.15) is 0 Å². The van der Waals surface area contributed by atoms with Crippen molar-refractivity contribution in [3.63, 3.8) is 0 Å².